The molecule has 2 atom stereocenters. The first-order valence-electron chi connectivity index (χ1n) is 6.19. The first-order chi connectivity index (χ1) is 8.38. The molecule has 17 heavy (non-hydrogen) atoms. The zero-order valence-electron chi connectivity index (χ0n) is 9.80. The second-order valence-electron chi connectivity index (χ2n) is 4.68. The van der Waals surface area contributed by atoms with Crippen molar-refractivity contribution in [2.45, 2.75) is 12.5 Å². The number of fused-ring (bicyclic) bond motifs is 1. The highest BCUT2D eigenvalue weighted by atomic mass is 16.5. The fourth-order valence-electron chi connectivity index (χ4n) is 2.63. The molecule has 3 rings (SSSR count). The average Bonchev–Trinajstić information content (AvgIpc) is 2.86. The SMILES string of the molecule is NCC1CCOC1c1ccc2ccccc2c1. The molecule has 2 aromatic carbocycles. The number of ether oxygens (including phenoxy) is 1. The van der Waals surface area contributed by atoms with Crippen LogP contribution in [0.1, 0.15) is 18.1 Å². The molecule has 0 spiro atoms. The fourth-order valence-corrected chi connectivity index (χ4v) is 2.63. The zero-order chi connectivity index (χ0) is 11.7. The van der Waals surface area contributed by atoms with Gasteiger partial charge in [-0.2, -0.15) is 0 Å². The minimum atomic E-state index is 0.185. The van der Waals surface area contributed by atoms with Crippen molar-refractivity contribution in [2.75, 3.05) is 13.2 Å². The quantitative estimate of drug-likeness (QED) is 0.856. The van der Waals surface area contributed by atoms with Crippen LogP contribution in [0.4, 0.5) is 0 Å². The van der Waals surface area contributed by atoms with Crippen LogP contribution in [0.15, 0.2) is 42.5 Å². The second kappa shape index (κ2) is 4.47. The van der Waals surface area contributed by atoms with Gasteiger partial charge in [0.2, 0.25) is 0 Å². The molecule has 1 heterocycles. The van der Waals surface area contributed by atoms with Gasteiger partial charge < -0.3 is 10.5 Å². The van der Waals surface area contributed by atoms with E-state index >= 15 is 0 Å². The van der Waals surface area contributed by atoms with Crippen LogP contribution in [0.3, 0.4) is 0 Å². The lowest BCUT2D eigenvalue weighted by atomic mass is 9.94. The second-order valence-corrected chi connectivity index (χ2v) is 4.68. The van der Waals surface area contributed by atoms with E-state index in [9.17, 15) is 0 Å². The number of hydrogen-bond acceptors (Lipinski definition) is 2. The van der Waals surface area contributed by atoms with Gasteiger partial charge in [-0.15, -0.1) is 0 Å². The Labute approximate surface area is 101 Å². The lowest BCUT2D eigenvalue weighted by Crippen LogP contribution is -2.17. The molecular weight excluding hydrogens is 210 g/mol. The Kier molecular flexibility index (Phi) is 2.83. The molecule has 0 bridgehead atoms. The maximum absolute atomic E-state index is 5.81. The van der Waals surface area contributed by atoms with E-state index in [1.807, 2.05) is 0 Å². The molecular formula is C15H17NO. The summed E-state index contributed by atoms with van der Waals surface area (Å²) in [4.78, 5) is 0. The summed E-state index contributed by atoms with van der Waals surface area (Å²) in [5, 5.41) is 2.55. The van der Waals surface area contributed by atoms with E-state index in [4.69, 9.17) is 10.5 Å². The summed E-state index contributed by atoms with van der Waals surface area (Å²) >= 11 is 0. The zero-order valence-corrected chi connectivity index (χ0v) is 9.80. The topological polar surface area (TPSA) is 35.2 Å². The highest BCUT2D eigenvalue weighted by Crippen LogP contribution is 2.34. The van der Waals surface area contributed by atoms with Gasteiger partial charge in [-0.25, -0.2) is 0 Å². The van der Waals surface area contributed by atoms with E-state index in [1.165, 1.54) is 16.3 Å². The van der Waals surface area contributed by atoms with Gasteiger partial charge in [0.1, 0.15) is 0 Å². The van der Waals surface area contributed by atoms with Gasteiger partial charge in [0, 0.05) is 12.5 Å². The van der Waals surface area contributed by atoms with E-state index in [0.717, 1.165) is 13.0 Å². The Morgan fingerprint density at radius 1 is 1.12 bits per heavy atom. The van der Waals surface area contributed by atoms with Gasteiger partial charge in [0.25, 0.3) is 0 Å². The summed E-state index contributed by atoms with van der Waals surface area (Å²) in [6.45, 7) is 1.54. The van der Waals surface area contributed by atoms with Crippen molar-refractivity contribution >= 4 is 10.8 Å². The molecule has 0 saturated carbocycles. The van der Waals surface area contributed by atoms with Crippen LogP contribution >= 0.6 is 0 Å². The largest absolute Gasteiger partial charge is 0.373 e. The highest BCUT2D eigenvalue weighted by molar-refractivity contribution is 5.83. The van der Waals surface area contributed by atoms with Gasteiger partial charge in [0.15, 0.2) is 0 Å². The fraction of sp³-hybridized carbons (Fsp3) is 0.333. The van der Waals surface area contributed by atoms with Crippen LogP contribution in [0.25, 0.3) is 10.8 Å². The third-order valence-electron chi connectivity index (χ3n) is 3.62. The van der Waals surface area contributed by atoms with Crippen molar-refractivity contribution in [3.8, 4) is 0 Å². The van der Waals surface area contributed by atoms with Crippen LogP contribution in [0.5, 0.6) is 0 Å². The van der Waals surface area contributed by atoms with Crippen molar-refractivity contribution in [3.63, 3.8) is 0 Å². The lowest BCUT2D eigenvalue weighted by Gasteiger charge is -2.17. The van der Waals surface area contributed by atoms with Crippen LogP contribution in [0, 0.1) is 5.92 Å². The summed E-state index contributed by atoms with van der Waals surface area (Å²) in [6.07, 6.45) is 1.26. The third-order valence-corrected chi connectivity index (χ3v) is 3.62. The smallest absolute Gasteiger partial charge is 0.0866 e. The Bertz CT molecular complexity index is 523. The maximum atomic E-state index is 5.81. The minimum Gasteiger partial charge on any atom is -0.373 e. The molecule has 2 aromatic rings. The first-order valence-corrected chi connectivity index (χ1v) is 6.19. The Morgan fingerprint density at radius 3 is 2.76 bits per heavy atom. The van der Waals surface area contributed by atoms with Crippen molar-refractivity contribution < 1.29 is 4.74 Å². The van der Waals surface area contributed by atoms with E-state index in [0.29, 0.717) is 12.5 Å². The number of benzene rings is 2. The van der Waals surface area contributed by atoms with Gasteiger partial charge >= 0.3 is 0 Å². The van der Waals surface area contributed by atoms with Gasteiger partial charge in [-0.1, -0.05) is 36.4 Å². The standard InChI is InChI=1S/C15H17NO/c16-10-14-7-8-17-15(14)13-6-5-11-3-1-2-4-12(11)9-13/h1-6,9,14-15H,7-8,10,16H2. The average molecular weight is 227 g/mol. The van der Waals surface area contributed by atoms with Gasteiger partial charge in [0.05, 0.1) is 6.10 Å². The summed E-state index contributed by atoms with van der Waals surface area (Å²) in [7, 11) is 0. The van der Waals surface area contributed by atoms with Crippen LogP contribution in [0.2, 0.25) is 0 Å². The summed E-state index contributed by atoms with van der Waals surface area (Å²) < 4.78 is 5.81. The van der Waals surface area contributed by atoms with Crippen molar-refractivity contribution in [2.24, 2.45) is 11.7 Å². The molecule has 1 fully saturated rings. The maximum Gasteiger partial charge on any atom is 0.0866 e. The van der Waals surface area contributed by atoms with Gasteiger partial charge in [-0.3, -0.25) is 0 Å². The Hall–Kier alpha value is -1.38. The first kappa shape index (κ1) is 10.8. The molecule has 0 radical (unpaired) electrons. The molecule has 0 aliphatic carbocycles. The third kappa shape index (κ3) is 1.94. The Morgan fingerprint density at radius 2 is 1.94 bits per heavy atom. The summed E-state index contributed by atoms with van der Waals surface area (Å²) in [6, 6.07) is 15.0. The van der Waals surface area contributed by atoms with Crippen LogP contribution in [-0.2, 0) is 4.74 Å². The number of hydrogen-bond donors (Lipinski definition) is 1. The summed E-state index contributed by atoms with van der Waals surface area (Å²) in [5.41, 5.74) is 7.05. The monoisotopic (exact) mass is 227 g/mol. The molecule has 1 saturated heterocycles. The predicted molar refractivity (Wildman–Crippen MR) is 69.8 cm³/mol. The molecule has 2 unspecified atom stereocenters. The molecule has 2 N–H and O–H groups in total. The van der Waals surface area contributed by atoms with Crippen molar-refractivity contribution in [1.29, 1.82) is 0 Å². The van der Waals surface area contributed by atoms with E-state index in [-0.39, 0.29) is 6.10 Å². The van der Waals surface area contributed by atoms with E-state index < -0.39 is 0 Å². The minimum absolute atomic E-state index is 0.185. The van der Waals surface area contributed by atoms with E-state index in [1.54, 1.807) is 0 Å². The van der Waals surface area contributed by atoms with Crippen LogP contribution in [-0.4, -0.2) is 13.2 Å². The molecule has 2 heteroatoms. The molecule has 0 aromatic heterocycles. The predicted octanol–water partition coefficient (Wildman–Crippen LogP) is 2.88. The molecule has 1 aliphatic rings. The lowest BCUT2D eigenvalue weighted by molar-refractivity contribution is 0.0926. The molecule has 88 valence electrons. The van der Waals surface area contributed by atoms with Crippen LogP contribution < -0.4 is 5.73 Å². The summed E-state index contributed by atoms with van der Waals surface area (Å²) in [5.74, 6) is 0.469. The molecule has 1 aliphatic heterocycles. The highest BCUT2D eigenvalue weighted by Gasteiger charge is 2.28. The Balaban J connectivity index is 2.00. The van der Waals surface area contributed by atoms with E-state index in [2.05, 4.69) is 42.5 Å². The van der Waals surface area contributed by atoms with Crippen molar-refractivity contribution in [1.82, 2.24) is 0 Å². The number of nitrogens with two attached hydrogens (primary N) is 1. The normalized spacial score (nSPS) is 24.3. The molecule has 2 nitrogen and oxygen atoms in total. The van der Waals surface area contributed by atoms with Crippen molar-refractivity contribution in [3.05, 3.63) is 48.0 Å². The number of rotatable bonds is 2. The van der Waals surface area contributed by atoms with Gasteiger partial charge in [-0.05, 0) is 35.4 Å². The molecule has 0 amide bonds.